The first kappa shape index (κ1) is 19.3. The third kappa shape index (κ3) is 4.53. The SMILES string of the molecule is CCN(CC)[C@@H](CN)C(=O)Nc1ccc(N2CCOCC2=O)cc1F. The number of likely N-dealkylation sites (N-methyl/N-ethyl adjacent to an activating group) is 1. The molecule has 25 heavy (non-hydrogen) atoms. The lowest BCUT2D eigenvalue weighted by Crippen LogP contribution is -2.48. The Morgan fingerprint density at radius 3 is 2.72 bits per heavy atom. The molecule has 0 radical (unpaired) electrons. The van der Waals surface area contributed by atoms with E-state index in [9.17, 15) is 14.0 Å². The van der Waals surface area contributed by atoms with Gasteiger partial charge in [-0.05, 0) is 31.3 Å². The van der Waals surface area contributed by atoms with Gasteiger partial charge in [0.2, 0.25) is 5.91 Å². The maximum Gasteiger partial charge on any atom is 0.253 e. The summed E-state index contributed by atoms with van der Waals surface area (Å²) in [5.41, 5.74) is 6.22. The van der Waals surface area contributed by atoms with Gasteiger partial charge in [0.15, 0.2) is 0 Å². The molecule has 3 N–H and O–H groups in total. The average Bonchev–Trinajstić information content (AvgIpc) is 2.61. The standard InChI is InChI=1S/C17H25FN4O3/c1-3-21(4-2)15(10-19)17(24)20-14-6-5-12(9-13(14)18)22-7-8-25-11-16(22)23/h5-6,9,15H,3-4,7-8,10-11,19H2,1-2H3,(H,20,24)/t15-/m0/s1. The smallest absolute Gasteiger partial charge is 0.253 e. The zero-order valence-electron chi connectivity index (χ0n) is 14.6. The van der Waals surface area contributed by atoms with Gasteiger partial charge >= 0.3 is 0 Å². The van der Waals surface area contributed by atoms with Crippen LogP contribution in [0.4, 0.5) is 15.8 Å². The highest BCUT2D eigenvalue weighted by Gasteiger charge is 2.24. The summed E-state index contributed by atoms with van der Waals surface area (Å²) < 4.78 is 19.5. The van der Waals surface area contributed by atoms with Crippen molar-refractivity contribution in [2.75, 3.05) is 49.6 Å². The van der Waals surface area contributed by atoms with Crippen molar-refractivity contribution in [1.29, 1.82) is 0 Å². The number of nitrogens with one attached hydrogen (secondary N) is 1. The van der Waals surface area contributed by atoms with Crippen molar-refractivity contribution in [3.05, 3.63) is 24.0 Å². The molecule has 0 unspecified atom stereocenters. The van der Waals surface area contributed by atoms with Gasteiger partial charge in [0.1, 0.15) is 18.5 Å². The molecule has 1 aliphatic rings. The van der Waals surface area contributed by atoms with Crippen LogP contribution in [0.3, 0.4) is 0 Å². The summed E-state index contributed by atoms with van der Waals surface area (Å²) in [6.45, 7) is 6.15. The molecule has 0 bridgehead atoms. The van der Waals surface area contributed by atoms with Crippen molar-refractivity contribution < 1.29 is 18.7 Å². The molecular weight excluding hydrogens is 327 g/mol. The molecule has 2 rings (SSSR count). The minimum atomic E-state index is -0.597. The predicted molar refractivity (Wildman–Crippen MR) is 94.0 cm³/mol. The van der Waals surface area contributed by atoms with E-state index in [2.05, 4.69) is 5.32 Å². The number of morpholine rings is 1. The van der Waals surface area contributed by atoms with Crippen LogP contribution < -0.4 is 16.0 Å². The van der Waals surface area contributed by atoms with Crippen LogP contribution in [0.1, 0.15) is 13.8 Å². The molecule has 1 atom stereocenters. The van der Waals surface area contributed by atoms with E-state index in [-0.39, 0.29) is 30.7 Å². The molecular formula is C17H25FN4O3. The molecule has 138 valence electrons. The van der Waals surface area contributed by atoms with Crippen LogP contribution in [0, 0.1) is 5.82 Å². The molecule has 1 fully saturated rings. The van der Waals surface area contributed by atoms with Gasteiger partial charge in [-0.3, -0.25) is 14.5 Å². The zero-order valence-corrected chi connectivity index (χ0v) is 14.6. The number of carbonyl (C=O) groups is 2. The lowest BCUT2D eigenvalue weighted by atomic mass is 10.2. The number of ether oxygens (including phenoxy) is 1. The molecule has 0 aromatic heterocycles. The first-order chi connectivity index (χ1) is 12.0. The fraction of sp³-hybridized carbons (Fsp3) is 0.529. The van der Waals surface area contributed by atoms with Crippen LogP contribution in [0.2, 0.25) is 0 Å². The Bertz CT molecular complexity index is 622. The van der Waals surface area contributed by atoms with Gasteiger partial charge in [-0.25, -0.2) is 4.39 Å². The number of benzene rings is 1. The third-order valence-electron chi connectivity index (χ3n) is 4.29. The molecule has 0 spiro atoms. The Kier molecular flexibility index (Phi) is 6.86. The molecule has 1 aliphatic heterocycles. The Labute approximate surface area is 146 Å². The number of nitrogens with two attached hydrogens (primary N) is 1. The second kappa shape index (κ2) is 8.89. The lowest BCUT2D eigenvalue weighted by Gasteiger charge is -2.28. The number of halogens is 1. The van der Waals surface area contributed by atoms with Crippen molar-refractivity contribution in [2.45, 2.75) is 19.9 Å². The van der Waals surface area contributed by atoms with Gasteiger partial charge in [-0.2, -0.15) is 0 Å². The molecule has 7 nitrogen and oxygen atoms in total. The normalized spacial score (nSPS) is 16.2. The second-order valence-corrected chi connectivity index (χ2v) is 5.72. The maximum atomic E-state index is 14.4. The van der Waals surface area contributed by atoms with Crippen molar-refractivity contribution in [3.63, 3.8) is 0 Å². The fourth-order valence-corrected chi connectivity index (χ4v) is 2.87. The van der Waals surface area contributed by atoms with Crippen LogP contribution in [0.15, 0.2) is 18.2 Å². The molecule has 1 aromatic carbocycles. The minimum Gasteiger partial charge on any atom is -0.370 e. The number of anilines is 2. The number of nitrogens with zero attached hydrogens (tertiary/aromatic N) is 2. The number of rotatable bonds is 7. The summed E-state index contributed by atoms with van der Waals surface area (Å²) in [6.07, 6.45) is 0. The van der Waals surface area contributed by atoms with E-state index in [0.29, 0.717) is 31.9 Å². The first-order valence-electron chi connectivity index (χ1n) is 8.44. The van der Waals surface area contributed by atoms with E-state index >= 15 is 0 Å². The summed E-state index contributed by atoms with van der Waals surface area (Å²) in [4.78, 5) is 27.6. The van der Waals surface area contributed by atoms with Crippen LogP contribution >= 0.6 is 0 Å². The Hall–Kier alpha value is -2.03. The van der Waals surface area contributed by atoms with E-state index in [4.69, 9.17) is 10.5 Å². The van der Waals surface area contributed by atoms with Crippen molar-refractivity contribution in [2.24, 2.45) is 5.73 Å². The van der Waals surface area contributed by atoms with Gasteiger partial charge in [-0.15, -0.1) is 0 Å². The Balaban J connectivity index is 2.12. The Morgan fingerprint density at radius 1 is 1.44 bits per heavy atom. The average molecular weight is 352 g/mol. The van der Waals surface area contributed by atoms with Gasteiger partial charge in [-0.1, -0.05) is 13.8 Å². The summed E-state index contributed by atoms with van der Waals surface area (Å²) in [5.74, 6) is -1.16. The molecule has 0 saturated carbocycles. The quantitative estimate of drug-likeness (QED) is 0.758. The van der Waals surface area contributed by atoms with Gasteiger partial charge in [0, 0.05) is 18.8 Å². The number of amides is 2. The third-order valence-corrected chi connectivity index (χ3v) is 4.29. The first-order valence-corrected chi connectivity index (χ1v) is 8.44. The number of hydrogen-bond donors (Lipinski definition) is 2. The predicted octanol–water partition coefficient (Wildman–Crippen LogP) is 0.797. The molecule has 8 heteroatoms. The van der Waals surface area contributed by atoms with Crippen LogP contribution in [0.25, 0.3) is 0 Å². The fourth-order valence-electron chi connectivity index (χ4n) is 2.87. The van der Waals surface area contributed by atoms with Gasteiger partial charge < -0.3 is 20.7 Å². The van der Waals surface area contributed by atoms with Crippen LogP contribution in [-0.4, -0.2) is 62.1 Å². The largest absolute Gasteiger partial charge is 0.370 e. The topological polar surface area (TPSA) is 87.9 Å². The highest BCUT2D eigenvalue weighted by Crippen LogP contribution is 2.23. The van der Waals surface area contributed by atoms with E-state index in [1.165, 1.54) is 17.0 Å². The monoisotopic (exact) mass is 352 g/mol. The summed E-state index contributed by atoms with van der Waals surface area (Å²) in [6, 6.07) is 3.79. The van der Waals surface area contributed by atoms with Crippen molar-refractivity contribution in [3.8, 4) is 0 Å². The highest BCUT2D eigenvalue weighted by atomic mass is 19.1. The molecule has 1 saturated heterocycles. The van der Waals surface area contributed by atoms with E-state index in [0.717, 1.165) is 0 Å². The molecule has 1 aromatic rings. The molecule has 0 aliphatic carbocycles. The van der Waals surface area contributed by atoms with Gasteiger partial charge in [0.05, 0.1) is 12.3 Å². The number of carbonyl (C=O) groups excluding carboxylic acids is 2. The molecule has 2 amide bonds. The van der Waals surface area contributed by atoms with E-state index in [1.807, 2.05) is 18.7 Å². The van der Waals surface area contributed by atoms with E-state index < -0.39 is 11.9 Å². The van der Waals surface area contributed by atoms with Crippen molar-refractivity contribution >= 4 is 23.2 Å². The zero-order chi connectivity index (χ0) is 18.4. The highest BCUT2D eigenvalue weighted by molar-refractivity contribution is 5.97. The van der Waals surface area contributed by atoms with Crippen LogP contribution in [0.5, 0.6) is 0 Å². The Morgan fingerprint density at radius 2 is 2.16 bits per heavy atom. The molecule has 1 heterocycles. The lowest BCUT2D eigenvalue weighted by molar-refractivity contribution is -0.125. The second-order valence-electron chi connectivity index (χ2n) is 5.72. The maximum absolute atomic E-state index is 14.4. The van der Waals surface area contributed by atoms with Crippen LogP contribution in [-0.2, 0) is 14.3 Å². The van der Waals surface area contributed by atoms with E-state index in [1.54, 1.807) is 6.07 Å². The minimum absolute atomic E-state index is 0.0117. The summed E-state index contributed by atoms with van der Waals surface area (Å²) in [5, 5.41) is 2.59. The summed E-state index contributed by atoms with van der Waals surface area (Å²) in [7, 11) is 0. The van der Waals surface area contributed by atoms with Gasteiger partial charge in [0.25, 0.3) is 5.91 Å². The number of hydrogen-bond acceptors (Lipinski definition) is 5. The summed E-state index contributed by atoms with van der Waals surface area (Å²) >= 11 is 0. The van der Waals surface area contributed by atoms with Crippen molar-refractivity contribution in [1.82, 2.24) is 4.90 Å².